The molecule has 0 bridgehead atoms. The van der Waals surface area contributed by atoms with Crippen molar-refractivity contribution in [1.82, 2.24) is 9.80 Å². The molecular weight excluding hydrogens is 364 g/mol. The van der Waals surface area contributed by atoms with Gasteiger partial charge < -0.3 is 23.7 Å². The molecule has 1 saturated heterocycles. The molecule has 0 saturated carbocycles. The SMILES string of the molecule is CCOC(=O)C1CCCN(C(=O)CCN(CCOC)C(=O)c2ccoc2C)C1. The fourth-order valence-electron chi connectivity index (χ4n) is 3.34. The van der Waals surface area contributed by atoms with Crippen LogP contribution in [0.4, 0.5) is 0 Å². The molecule has 1 unspecified atom stereocenters. The third-order valence-corrected chi connectivity index (χ3v) is 4.93. The largest absolute Gasteiger partial charge is 0.469 e. The summed E-state index contributed by atoms with van der Waals surface area (Å²) in [6.07, 6.45) is 3.18. The summed E-state index contributed by atoms with van der Waals surface area (Å²) >= 11 is 0. The van der Waals surface area contributed by atoms with Crippen molar-refractivity contribution in [2.75, 3.05) is 46.5 Å². The summed E-state index contributed by atoms with van der Waals surface area (Å²) in [7, 11) is 1.57. The Balaban J connectivity index is 1.94. The van der Waals surface area contributed by atoms with Crippen LogP contribution in [0, 0.1) is 12.8 Å². The van der Waals surface area contributed by atoms with Gasteiger partial charge in [-0.15, -0.1) is 0 Å². The van der Waals surface area contributed by atoms with Crippen molar-refractivity contribution in [3.8, 4) is 0 Å². The van der Waals surface area contributed by atoms with Gasteiger partial charge in [0, 0.05) is 39.7 Å². The molecule has 2 rings (SSSR count). The molecule has 1 aliphatic rings. The van der Waals surface area contributed by atoms with Crippen LogP contribution in [0.15, 0.2) is 16.7 Å². The van der Waals surface area contributed by atoms with Crippen molar-refractivity contribution >= 4 is 17.8 Å². The number of hydrogen-bond acceptors (Lipinski definition) is 6. The second kappa shape index (κ2) is 10.8. The van der Waals surface area contributed by atoms with Crippen LogP contribution in [-0.4, -0.2) is 74.1 Å². The zero-order valence-corrected chi connectivity index (χ0v) is 16.9. The average molecular weight is 394 g/mol. The molecule has 8 nitrogen and oxygen atoms in total. The van der Waals surface area contributed by atoms with Crippen molar-refractivity contribution in [2.24, 2.45) is 5.92 Å². The third-order valence-electron chi connectivity index (χ3n) is 4.93. The Morgan fingerprint density at radius 3 is 2.75 bits per heavy atom. The van der Waals surface area contributed by atoms with Crippen molar-refractivity contribution < 1.29 is 28.3 Å². The van der Waals surface area contributed by atoms with E-state index in [1.807, 2.05) is 0 Å². The average Bonchev–Trinajstić information content (AvgIpc) is 3.13. The van der Waals surface area contributed by atoms with Gasteiger partial charge >= 0.3 is 5.97 Å². The number of ether oxygens (including phenoxy) is 2. The smallest absolute Gasteiger partial charge is 0.310 e. The Hall–Kier alpha value is -2.35. The van der Waals surface area contributed by atoms with Crippen LogP contribution >= 0.6 is 0 Å². The Kier molecular flexibility index (Phi) is 8.50. The number of furan rings is 1. The number of carbonyl (C=O) groups is 3. The molecule has 0 radical (unpaired) electrons. The Labute approximate surface area is 165 Å². The van der Waals surface area contributed by atoms with E-state index in [1.165, 1.54) is 6.26 Å². The minimum atomic E-state index is -0.266. The van der Waals surface area contributed by atoms with Crippen LogP contribution in [0.1, 0.15) is 42.3 Å². The lowest BCUT2D eigenvalue weighted by Crippen LogP contribution is -2.44. The van der Waals surface area contributed by atoms with E-state index in [2.05, 4.69) is 0 Å². The number of rotatable bonds is 9. The molecule has 8 heteroatoms. The summed E-state index contributed by atoms with van der Waals surface area (Å²) < 4.78 is 15.4. The number of carbonyl (C=O) groups excluding carboxylic acids is 3. The number of hydrogen-bond donors (Lipinski definition) is 0. The molecule has 1 aliphatic heterocycles. The van der Waals surface area contributed by atoms with Crippen LogP contribution in [0.3, 0.4) is 0 Å². The monoisotopic (exact) mass is 394 g/mol. The first-order valence-corrected chi connectivity index (χ1v) is 9.74. The van der Waals surface area contributed by atoms with E-state index in [0.717, 1.165) is 12.8 Å². The van der Waals surface area contributed by atoms with Gasteiger partial charge in [0.25, 0.3) is 5.91 Å². The molecule has 156 valence electrons. The summed E-state index contributed by atoms with van der Waals surface area (Å²) in [4.78, 5) is 40.7. The number of esters is 1. The predicted octanol–water partition coefficient (Wildman–Crippen LogP) is 1.87. The Bertz CT molecular complexity index is 671. The van der Waals surface area contributed by atoms with Crippen LogP contribution < -0.4 is 0 Å². The molecule has 1 fully saturated rings. The van der Waals surface area contributed by atoms with Gasteiger partial charge in [0.05, 0.1) is 31.0 Å². The molecule has 0 aromatic carbocycles. The van der Waals surface area contributed by atoms with Crippen molar-refractivity contribution in [3.63, 3.8) is 0 Å². The summed E-state index contributed by atoms with van der Waals surface area (Å²) in [5.41, 5.74) is 0.490. The van der Waals surface area contributed by atoms with Gasteiger partial charge in [-0.2, -0.15) is 0 Å². The molecule has 0 aliphatic carbocycles. The van der Waals surface area contributed by atoms with E-state index in [-0.39, 0.29) is 36.7 Å². The highest BCUT2D eigenvalue weighted by atomic mass is 16.5. The summed E-state index contributed by atoms with van der Waals surface area (Å²) in [6, 6.07) is 1.63. The van der Waals surface area contributed by atoms with Gasteiger partial charge in [-0.05, 0) is 32.8 Å². The molecule has 1 aromatic rings. The lowest BCUT2D eigenvalue weighted by molar-refractivity contribution is -0.151. The van der Waals surface area contributed by atoms with E-state index in [9.17, 15) is 14.4 Å². The number of piperidine rings is 1. The first-order valence-electron chi connectivity index (χ1n) is 9.74. The van der Waals surface area contributed by atoms with Gasteiger partial charge in [0.2, 0.25) is 5.91 Å². The molecule has 1 atom stereocenters. The van der Waals surface area contributed by atoms with Crippen molar-refractivity contribution in [2.45, 2.75) is 33.1 Å². The second-order valence-electron chi connectivity index (χ2n) is 6.86. The molecule has 28 heavy (non-hydrogen) atoms. The molecule has 2 heterocycles. The number of methoxy groups -OCH3 is 1. The maximum absolute atomic E-state index is 12.8. The predicted molar refractivity (Wildman–Crippen MR) is 102 cm³/mol. The Morgan fingerprint density at radius 1 is 1.32 bits per heavy atom. The molecule has 1 aromatic heterocycles. The van der Waals surface area contributed by atoms with Crippen molar-refractivity contribution in [3.05, 3.63) is 23.7 Å². The first kappa shape index (κ1) is 21.9. The standard InChI is InChI=1S/C20H30N2O6/c1-4-27-20(25)16-6-5-9-22(14-16)18(23)7-10-21(11-13-26-3)19(24)17-8-12-28-15(17)2/h8,12,16H,4-7,9-11,13-14H2,1-3H3. The van der Waals surface area contributed by atoms with E-state index in [0.29, 0.717) is 44.2 Å². The van der Waals surface area contributed by atoms with Gasteiger partial charge in [-0.3, -0.25) is 14.4 Å². The number of amides is 2. The van der Waals surface area contributed by atoms with Gasteiger partial charge in [0.15, 0.2) is 0 Å². The van der Waals surface area contributed by atoms with Gasteiger partial charge in [0.1, 0.15) is 5.76 Å². The van der Waals surface area contributed by atoms with Crippen molar-refractivity contribution in [1.29, 1.82) is 0 Å². The highest BCUT2D eigenvalue weighted by Gasteiger charge is 2.29. The molecular formula is C20H30N2O6. The fourth-order valence-corrected chi connectivity index (χ4v) is 3.34. The maximum Gasteiger partial charge on any atom is 0.310 e. The normalized spacial score (nSPS) is 16.7. The fraction of sp³-hybridized carbons (Fsp3) is 0.650. The zero-order chi connectivity index (χ0) is 20.5. The number of aryl methyl sites for hydroxylation is 1. The minimum Gasteiger partial charge on any atom is -0.469 e. The lowest BCUT2D eigenvalue weighted by Gasteiger charge is -2.32. The first-order chi connectivity index (χ1) is 13.5. The number of nitrogens with zero attached hydrogens (tertiary/aromatic N) is 2. The second-order valence-corrected chi connectivity index (χ2v) is 6.86. The van der Waals surface area contributed by atoms with E-state index in [1.54, 1.807) is 36.8 Å². The van der Waals surface area contributed by atoms with E-state index in [4.69, 9.17) is 13.9 Å². The molecule has 2 amide bonds. The number of likely N-dealkylation sites (tertiary alicyclic amines) is 1. The van der Waals surface area contributed by atoms with E-state index >= 15 is 0 Å². The summed E-state index contributed by atoms with van der Waals surface area (Å²) in [5.74, 6) is -0.205. The molecule has 0 N–H and O–H groups in total. The maximum atomic E-state index is 12.8. The van der Waals surface area contributed by atoms with Crippen LogP contribution in [0.2, 0.25) is 0 Å². The molecule has 0 spiro atoms. The quantitative estimate of drug-likeness (QED) is 0.594. The van der Waals surface area contributed by atoms with Crippen LogP contribution in [-0.2, 0) is 19.1 Å². The Morgan fingerprint density at radius 2 is 2.11 bits per heavy atom. The van der Waals surface area contributed by atoms with Gasteiger partial charge in [-0.25, -0.2) is 0 Å². The highest BCUT2D eigenvalue weighted by molar-refractivity contribution is 5.95. The summed E-state index contributed by atoms with van der Waals surface area (Å²) in [5, 5.41) is 0. The highest BCUT2D eigenvalue weighted by Crippen LogP contribution is 2.19. The van der Waals surface area contributed by atoms with Gasteiger partial charge in [-0.1, -0.05) is 0 Å². The minimum absolute atomic E-state index is 0.0619. The third kappa shape index (κ3) is 5.82. The lowest BCUT2D eigenvalue weighted by atomic mass is 9.98. The zero-order valence-electron chi connectivity index (χ0n) is 16.9. The van der Waals surface area contributed by atoms with Crippen LogP contribution in [0.25, 0.3) is 0 Å². The summed E-state index contributed by atoms with van der Waals surface area (Å²) in [6.45, 7) is 5.91. The van der Waals surface area contributed by atoms with Crippen LogP contribution in [0.5, 0.6) is 0 Å². The topological polar surface area (TPSA) is 89.3 Å². The van der Waals surface area contributed by atoms with E-state index < -0.39 is 0 Å².